The van der Waals surface area contributed by atoms with Crippen molar-refractivity contribution < 1.29 is 22.7 Å². The molecule has 0 spiro atoms. The van der Waals surface area contributed by atoms with Crippen molar-refractivity contribution in [2.75, 3.05) is 0 Å². The van der Waals surface area contributed by atoms with Crippen LogP contribution in [-0.2, 0) is 6.42 Å². The summed E-state index contributed by atoms with van der Waals surface area (Å²) < 4.78 is 40.2. The Morgan fingerprint density at radius 2 is 1.83 bits per heavy atom. The molecule has 98 valence electrons. The van der Waals surface area contributed by atoms with Gasteiger partial charge in [0.1, 0.15) is 5.75 Å². The maximum Gasteiger partial charge on any atom is 0.573 e. The summed E-state index contributed by atoms with van der Waals surface area (Å²) in [5, 5.41) is 0.155. The average molecular weight is 279 g/mol. The Hall–Kier alpha value is -1.23. The van der Waals surface area contributed by atoms with E-state index >= 15 is 0 Å². The molecule has 0 heterocycles. The van der Waals surface area contributed by atoms with Gasteiger partial charge in [0.05, 0.1) is 0 Å². The van der Waals surface area contributed by atoms with Crippen molar-refractivity contribution in [2.24, 2.45) is 0 Å². The van der Waals surface area contributed by atoms with E-state index in [9.17, 15) is 18.0 Å². The number of benzene rings is 1. The summed E-state index contributed by atoms with van der Waals surface area (Å²) in [6, 6.07) is 2.23. The second-order valence-corrected chi connectivity index (χ2v) is 4.52. The summed E-state index contributed by atoms with van der Waals surface area (Å²) in [6.45, 7) is 0. The molecule has 0 atom stereocenters. The van der Waals surface area contributed by atoms with Crippen LogP contribution in [0.3, 0.4) is 0 Å². The third-order valence-electron chi connectivity index (χ3n) is 2.78. The lowest BCUT2D eigenvalue weighted by molar-refractivity contribution is -0.274. The highest BCUT2D eigenvalue weighted by Gasteiger charge is 2.32. The zero-order valence-electron chi connectivity index (χ0n) is 9.31. The molecule has 0 aliphatic heterocycles. The molecule has 0 bridgehead atoms. The number of halogens is 4. The van der Waals surface area contributed by atoms with Crippen molar-refractivity contribution in [1.29, 1.82) is 0 Å². The predicted octanol–water partition coefficient (Wildman–Crippen LogP) is 4.15. The molecule has 1 aliphatic rings. The molecular weight excluding hydrogens is 269 g/mol. The van der Waals surface area contributed by atoms with Gasteiger partial charge in [-0.1, -0.05) is 11.6 Å². The highest BCUT2D eigenvalue weighted by Crippen LogP contribution is 2.33. The first-order chi connectivity index (χ1) is 8.37. The Balaban J connectivity index is 2.43. The quantitative estimate of drug-likeness (QED) is 0.722. The maximum atomic E-state index is 12.1. The number of hydrogen-bond donors (Lipinski definition) is 0. The van der Waals surface area contributed by atoms with Gasteiger partial charge in [0, 0.05) is 17.0 Å². The largest absolute Gasteiger partial charge is 0.573 e. The fraction of sp³-hybridized carbons (Fsp3) is 0.417. The lowest BCUT2D eigenvalue weighted by atomic mass is 10.0. The minimum Gasteiger partial charge on any atom is -0.406 e. The summed E-state index contributed by atoms with van der Waals surface area (Å²) in [4.78, 5) is 11.8. The Morgan fingerprint density at radius 3 is 2.50 bits per heavy atom. The van der Waals surface area contributed by atoms with Gasteiger partial charge in [-0.3, -0.25) is 4.79 Å². The molecule has 18 heavy (non-hydrogen) atoms. The van der Waals surface area contributed by atoms with Gasteiger partial charge in [-0.15, -0.1) is 13.2 Å². The molecule has 0 radical (unpaired) electrons. The van der Waals surface area contributed by atoms with E-state index in [1.165, 1.54) is 0 Å². The highest BCUT2D eigenvalue weighted by molar-refractivity contribution is 6.32. The van der Waals surface area contributed by atoms with Crippen LogP contribution >= 0.6 is 11.6 Å². The first-order valence-corrected chi connectivity index (χ1v) is 5.86. The van der Waals surface area contributed by atoms with Gasteiger partial charge in [-0.05, 0) is 37.0 Å². The monoisotopic (exact) mass is 278 g/mol. The van der Waals surface area contributed by atoms with Gasteiger partial charge < -0.3 is 4.74 Å². The van der Waals surface area contributed by atoms with E-state index in [0.717, 1.165) is 25.0 Å². The third-order valence-corrected chi connectivity index (χ3v) is 3.12. The molecular formula is C12H10ClF3O2. The minimum atomic E-state index is -4.79. The second-order valence-electron chi connectivity index (χ2n) is 4.11. The summed E-state index contributed by atoms with van der Waals surface area (Å²) in [7, 11) is 0. The maximum absolute atomic E-state index is 12.1. The fourth-order valence-electron chi connectivity index (χ4n) is 2.03. The van der Waals surface area contributed by atoms with Crippen molar-refractivity contribution in [3.8, 4) is 5.75 Å². The van der Waals surface area contributed by atoms with Crippen LogP contribution < -0.4 is 4.74 Å². The topological polar surface area (TPSA) is 26.3 Å². The van der Waals surface area contributed by atoms with Gasteiger partial charge in [0.25, 0.3) is 0 Å². The van der Waals surface area contributed by atoms with Crippen molar-refractivity contribution in [3.05, 3.63) is 28.3 Å². The van der Waals surface area contributed by atoms with Gasteiger partial charge in [-0.25, -0.2) is 0 Å². The third kappa shape index (κ3) is 2.96. The standard InChI is InChI=1S/C12H10ClF3O2/c13-10-6-7(18-12(14,15)16)5-9-8(10)3-1-2-4-11(9)17/h5-6H,1-4H2. The lowest BCUT2D eigenvalue weighted by Gasteiger charge is -2.13. The van der Waals surface area contributed by atoms with E-state index in [0.29, 0.717) is 18.4 Å². The zero-order chi connectivity index (χ0) is 13.3. The molecule has 0 saturated carbocycles. The van der Waals surface area contributed by atoms with E-state index in [4.69, 9.17) is 11.6 Å². The smallest absolute Gasteiger partial charge is 0.406 e. The SMILES string of the molecule is O=C1CCCCc2c(Cl)cc(OC(F)(F)F)cc21. The fourth-order valence-corrected chi connectivity index (χ4v) is 2.33. The lowest BCUT2D eigenvalue weighted by Crippen LogP contribution is -2.17. The number of carbonyl (C=O) groups excluding carboxylic acids is 1. The summed E-state index contributed by atoms with van der Waals surface area (Å²) in [6.07, 6.45) is -2.33. The molecule has 2 rings (SSSR count). The second kappa shape index (κ2) is 4.80. The molecule has 1 aliphatic carbocycles. The molecule has 0 aromatic heterocycles. The van der Waals surface area contributed by atoms with Gasteiger partial charge >= 0.3 is 6.36 Å². The normalized spacial score (nSPS) is 16.1. The average Bonchev–Trinajstić information content (AvgIpc) is 2.39. The number of carbonyl (C=O) groups is 1. The molecule has 0 amide bonds. The molecule has 0 fully saturated rings. The van der Waals surface area contributed by atoms with Crippen LogP contribution in [0.1, 0.15) is 35.2 Å². The summed E-state index contributed by atoms with van der Waals surface area (Å²) in [5.74, 6) is -0.626. The Morgan fingerprint density at radius 1 is 1.17 bits per heavy atom. The van der Waals surface area contributed by atoms with Gasteiger partial charge in [0.2, 0.25) is 0 Å². The van der Waals surface area contributed by atoms with Crippen LogP contribution in [0.5, 0.6) is 5.75 Å². The molecule has 1 aromatic carbocycles. The molecule has 6 heteroatoms. The number of alkyl halides is 3. The van der Waals surface area contributed by atoms with Crippen molar-refractivity contribution in [2.45, 2.75) is 32.0 Å². The predicted molar refractivity (Wildman–Crippen MR) is 60.0 cm³/mol. The van der Waals surface area contributed by atoms with Crippen LogP contribution in [0.4, 0.5) is 13.2 Å². The molecule has 0 saturated heterocycles. The van der Waals surface area contributed by atoms with Gasteiger partial charge in [-0.2, -0.15) is 0 Å². The van der Waals surface area contributed by atoms with E-state index in [1.807, 2.05) is 0 Å². The van der Waals surface area contributed by atoms with Crippen LogP contribution in [0.15, 0.2) is 12.1 Å². The number of ether oxygens (including phenoxy) is 1. The number of rotatable bonds is 1. The number of ketones is 1. The van der Waals surface area contributed by atoms with Crippen LogP contribution in [-0.4, -0.2) is 12.1 Å². The minimum absolute atomic E-state index is 0.155. The van der Waals surface area contributed by atoms with E-state index in [-0.39, 0.29) is 16.4 Å². The van der Waals surface area contributed by atoms with E-state index < -0.39 is 12.1 Å². The first kappa shape index (κ1) is 13.2. The van der Waals surface area contributed by atoms with Crippen LogP contribution in [0.2, 0.25) is 5.02 Å². The molecule has 1 aromatic rings. The first-order valence-electron chi connectivity index (χ1n) is 5.48. The van der Waals surface area contributed by atoms with Crippen molar-refractivity contribution >= 4 is 17.4 Å². The summed E-state index contributed by atoms with van der Waals surface area (Å²) >= 11 is 5.91. The van der Waals surface area contributed by atoms with Crippen molar-refractivity contribution in [1.82, 2.24) is 0 Å². The Bertz CT molecular complexity index is 483. The Labute approximate surface area is 107 Å². The Kier molecular flexibility index (Phi) is 3.52. The number of Topliss-reactive ketones (excluding diaryl/α,β-unsaturated/α-hetero) is 1. The van der Waals surface area contributed by atoms with E-state index in [2.05, 4.69) is 4.74 Å². The van der Waals surface area contributed by atoms with Crippen LogP contribution in [0, 0.1) is 0 Å². The van der Waals surface area contributed by atoms with Crippen LogP contribution in [0.25, 0.3) is 0 Å². The number of hydrogen-bond acceptors (Lipinski definition) is 2. The number of fused-ring (bicyclic) bond motifs is 1. The highest BCUT2D eigenvalue weighted by atomic mass is 35.5. The van der Waals surface area contributed by atoms with Crippen molar-refractivity contribution in [3.63, 3.8) is 0 Å². The summed E-state index contributed by atoms with van der Waals surface area (Å²) in [5.41, 5.74) is 0.868. The molecule has 0 N–H and O–H groups in total. The molecule has 0 unspecified atom stereocenters. The molecule has 2 nitrogen and oxygen atoms in total. The van der Waals surface area contributed by atoms with E-state index in [1.54, 1.807) is 0 Å². The van der Waals surface area contributed by atoms with Gasteiger partial charge in [0.15, 0.2) is 5.78 Å². The zero-order valence-corrected chi connectivity index (χ0v) is 10.1.